The van der Waals surface area contributed by atoms with Crippen LogP contribution in [0.25, 0.3) is 0 Å². The number of amides is 1. The molecule has 0 aliphatic heterocycles. The highest BCUT2D eigenvalue weighted by Gasteiger charge is 2.23. The van der Waals surface area contributed by atoms with Crippen molar-refractivity contribution in [3.8, 4) is 5.75 Å². The van der Waals surface area contributed by atoms with Gasteiger partial charge in [-0.15, -0.1) is 0 Å². The summed E-state index contributed by atoms with van der Waals surface area (Å²) in [5, 5.41) is 18.1. The molecule has 2 rings (SSSR count). The van der Waals surface area contributed by atoms with Gasteiger partial charge in [-0.05, 0) is 37.5 Å². The number of H-pyrrole nitrogens is 1. The molecule has 2 aromatic rings. The molecule has 1 atom stereocenters. The quantitative estimate of drug-likeness (QED) is 0.680. The zero-order valence-electron chi connectivity index (χ0n) is 14.8. The lowest BCUT2D eigenvalue weighted by Gasteiger charge is -2.16. The third kappa shape index (κ3) is 4.27. The first-order chi connectivity index (χ1) is 12.3. The molecule has 0 radical (unpaired) electrons. The van der Waals surface area contributed by atoms with Crippen molar-refractivity contribution in [1.82, 2.24) is 15.5 Å². The number of hydrogen-bond donors (Lipinski definition) is 3. The first-order valence-electron chi connectivity index (χ1n) is 8.04. The maximum absolute atomic E-state index is 12.4. The number of carbonyl (C=O) groups is 2. The molecule has 0 saturated carbocycles. The maximum Gasteiger partial charge on any atom is 0.308 e. The number of ether oxygens (including phenoxy) is 1. The van der Waals surface area contributed by atoms with Gasteiger partial charge in [-0.25, -0.2) is 5.10 Å². The van der Waals surface area contributed by atoms with Gasteiger partial charge in [0.25, 0.3) is 11.5 Å². The summed E-state index contributed by atoms with van der Waals surface area (Å²) < 4.78 is 5.23. The number of aromatic amines is 1. The monoisotopic (exact) mass is 359 g/mol. The summed E-state index contributed by atoms with van der Waals surface area (Å²) in [4.78, 5) is 35.8. The van der Waals surface area contributed by atoms with Gasteiger partial charge in [0.15, 0.2) is 0 Å². The Kier molecular flexibility index (Phi) is 6.11. The number of hydrogen-bond acceptors (Lipinski definition) is 5. The second kappa shape index (κ2) is 8.28. The number of nitrogens with zero attached hydrogens (tertiary/aromatic N) is 1. The minimum atomic E-state index is -1.05. The average Bonchev–Trinajstić information content (AvgIpc) is 2.62. The number of carboxylic acids is 1. The zero-order valence-corrected chi connectivity index (χ0v) is 14.8. The molecule has 26 heavy (non-hydrogen) atoms. The number of nitrogens with one attached hydrogen (secondary N) is 2. The molecular formula is C18H21N3O5. The van der Waals surface area contributed by atoms with Crippen molar-refractivity contribution in [2.45, 2.75) is 20.3 Å². The summed E-state index contributed by atoms with van der Waals surface area (Å²) in [6.07, 6.45) is 0.185. The highest BCUT2D eigenvalue weighted by atomic mass is 16.5. The zero-order chi connectivity index (χ0) is 19.3. The fraction of sp³-hybridized carbons (Fsp3) is 0.333. The van der Waals surface area contributed by atoms with Crippen molar-refractivity contribution in [3.05, 3.63) is 57.0 Å². The number of rotatable bonds is 7. The van der Waals surface area contributed by atoms with Crippen LogP contribution in [0, 0.1) is 19.8 Å². The number of benzene rings is 1. The van der Waals surface area contributed by atoms with Crippen LogP contribution in [0.1, 0.15) is 27.2 Å². The molecule has 0 bridgehead atoms. The molecule has 0 aliphatic rings. The number of aryl methyl sites for hydroxylation is 1. The van der Waals surface area contributed by atoms with E-state index in [2.05, 4.69) is 15.5 Å². The van der Waals surface area contributed by atoms with Crippen LogP contribution >= 0.6 is 0 Å². The molecule has 1 heterocycles. The summed E-state index contributed by atoms with van der Waals surface area (Å²) in [5.74, 6) is -1.95. The highest BCUT2D eigenvalue weighted by Crippen LogP contribution is 2.21. The van der Waals surface area contributed by atoms with Crippen LogP contribution in [-0.4, -0.2) is 40.8 Å². The summed E-state index contributed by atoms with van der Waals surface area (Å²) in [5.41, 5.74) is 1.05. The Bertz CT molecular complexity index is 875. The number of carboxylic acid groups (broad SMARTS) is 1. The minimum absolute atomic E-state index is 0.0565. The van der Waals surface area contributed by atoms with E-state index in [1.807, 2.05) is 0 Å². The molecule has 3 N–H and O–H groups in total. The van der Waals surface area contributed by atoms with Gasteiger partial charge in [-0.2, -0.15) is 5.10 Å². The standard InChI is InChI=1S/C18H21N3O5/c1-10-11(2)20-21-17(23)15(10)16(22)19-9-13(18(24)25)8-12-6-4-5-7-14(12)26-3/h4-7,13H,8-9H2,1-3H3,(H,19,22)(H,21,23)(H,24,25). The van der Waals surface area contributed by atoms with E-state index >= 15 is 0 Å². The fourth-order valence-electron chi connectivity index (χ4n) is 2.59. The topological polar surface area (TPSA) is 121 Å². The van der Waals surface area contributed by atoms with Crippen molar-refractivity contribution in [2.24, 2.45) is 5.92 Å². The van der Waals surface area contributed by atoms with Crippen molar-refractivity contribution in [1.29, 1.82) is 0 Å². The van der Waals surface area contributed by atoms with Crippen molar-refractivity contribution in [3.63, 3.8) is 0 Å². The third-order valence-corrected chi connectivity index (χ3v) is 4.21. The van der Waals surface area contributed by atoms with Crippen molar-refractivity contribution in [2.75, 3.05) is 13.7 Å². The lowest BCUT2D eigenvalue weighted by molar-refractivity contribution is -0.141. The number of aromatic nitrogens is 2. The van der Waals surface area contributed by atoms with Gasteiger partial charge in [0, 0.05) is 6.54 Å². The van der Waals surface area contributed by atoms with Crippen LogP contribution in [0.2, 0.25) is 0 Å². The summed E-state index contributed by atoms with van der Waals surface area (Å²) >= 11 is 0. The van der Waals surface area contributed by atoms with Crippen LogP contribution in [0.15, 0.2) is 29.1 Å². The minimum Gasteiger partial charge on any atom is -0.496 e. The first kappa shape index (κ1) is 19.2. The second-order valence-electron chi connectivity index (χ2n) is 5.90. The average molecular weight is 359 g/mol. The molecule has 0 fully saturated rings. The van der Waals surface area contributed by atoms with Crippen LogP contribution in [0.4, 0.5) is 0 Å². The van der Waals surface area contributed by atoms with E-state index in [0.717, 1.165) is 5.56 Å². The Hall–Kier alpha value is -3.16. The molecule has 8 heteroatoms. The third-order valence-electron chi connectivity index (χ3n) is 4.21. The SMILES string of the molecule is COc1ccccc1CC(CNC(=O)c1c(C)c(C)n[nH]c1=O)C(=O)O. The lowest BCUT2D eigenvalue weighted by Crippen LogP contribution is -2.37. The van der Waals surface area contributed by atoms with Crippen molar-refractivity contribution >= 4 is 11.9 Å². The summed E-state index contributed by atoms with van der Waals surface area (Å²) in [6.45, 7) is 3.17. The van der Waals surface area contributed by atoms with Crippen LogP contribution < -0.4 is 15.6 Å². The van der Waals surface area contributed by atoms with Gasteiger partial charge in [-0.3, -0.25) is 14.4 Å². The Morgan fingerprint density at radius 2 is 2.00 bits per heavy atom. The van der Waals surface area contributed by atoms with E-state index in [4.69, 9.17) is 4.74 Å². The molecule has 0 saturated heterocycles. The number of para-hydroxylation sites is 1. The predicted octanol–water partition coefficient (Wildman–Crippen LogP) is 1.07. The predicted molar refractivity (Wildman–Crippen MR) is 94.5 cm³/mol. The van der Waals surface area contributed by atoms with Gasteiger partial charge >= 0.3 is 5.97 Å². The highest BCUT2D eigenvalue weighted by molar-refractivity contribution is 5.95. The van der Waals surface area contributed by atoms with Gasteiger partial charge in [0.2, 0.25) is 0 Å². The van der Waals surface area contributed by atoms with Gasteiger partial charge in [0.1, 0.15) is 11.3 Å². The number of carbonyl (C=O) groups excluding carboxylic acids is 1. The lowest BCUT2D eigenvalue weighted by atomic mass is 9.98. The molecule has 8 nitrogen and oxygen atoms in total. The van der Waals surface area contributed by atoms with E-state index in [1.54, 1.807) is 38.1 Å². The molecule has 0 aliphatic carbocycles. The van der Waals surface area contributed by atoms with Gasteiger partial charge in [0.05, 0.1) is 18.7 Å². The Balaban J connectivity index is 2.14. The van der Waals surface area contributed by atoms with E-state index in [9.17, 15) is 19.5 Å². The molecule has 1 aromatic heterocycles. The smallest absolute Gasteiger partial charge is 0.308 e. The normalized spacial score (nSPS) is 11.7. The molecule has 1 unspecified atom stereocenters. The van der Waals surface area contributed by atoms with Crippen LogP contribution in [0.5, 0.6) is 5.75 Å². The maximum atomic E-state index is 12.4. The Morgan fingerprint density at radius 1 is 1.31 bits per heavy atom. The van der Waals surface area contributed by atoms with Gasteiger partial charge in [-0.1, -0.05) is 18.2 Å². The van der Waals surface area contributed by atoms with E-state index in [1.165, 1.54) is 7.11 Å². The second-order valence-corrected chi connectivity index (χ2v) is 5.90. The van der Waals surface area contributed by atoms with Crippen molar-refractivity contribution < 1.29 is 19.4 Å². The molecule has 1 amide bonds. The Labute approximate surface area is 150 Å². The largest absolute Gasteiger partial charge is 0.496 e. The first-order valence-corrected chi connectivity index (χ1v) is 8.04. The van der Waals surface area contributed by atoms with Gasteiger partial charge < -0.3 is 15.2 Å². The molecule has 138 valence electrons. The summed E-state index contributed by atoms with van der Waals surface area (Å²) in [7, 11) is 1.51. The van der Waals surface area contributed by atoms with E-state index in [0.29, 0.717) is 17.0 Å². The number of methoxy groups -OCH3 is 1. The summed E-state index contributed by atoms with van der Waals surface area (Å²) in [6, 6.07) is 7.10. The Morgan fingerprint density at radius 3 is 2.65 bits per heavy atom. The fourth-order valence-corrected chi connectivity index (χ4v) is 2.59. The van der Waals surface area contributed by atoms with Crippen LogP contribution in [-0.2, 0) is 11.2 Å². The number of aliphatic carboxylic acids is 1. The van der Waals surface area contributed by atoms with E-state index in [-0.39, 0.29) is 18.5 Å². The van der Waals surface area contributed by atoms with E-state index < -0.39 is 23.4 Å². The molecular weight excluding hydrogens is 338 g/mol. The molecule has 0 spiro atoms. The van der Waals surface area contributed by atoms with Crippen LogP contribution in [0.3, 0.4) is 0 Å². The molecule has 1 aromatic carbocycles.